The quantitative estimate of drug-likeness (QED) is 0.0683. The van der Waals surface area contributed by atoms with Crippen molar-refractivity contribution in [1.82, 2.24) is 5.32 Å². The number of carbonyl (C=O) groups excluding carboxylic acids is 2. The Bertz CT molecular complexity index is 693. The second-order valence-corrected chi connectivity index (χ2v) is 12.1. The van der Waals surface area contributed by atoms with Crippen molar-refractivity contribution >= 4 is 12.1 Å². The third-order valence-corrected chi connectivity index (χ3v) is 6.49. The average molecular weight is 696 g/mol. The van der Waals surface area contributed by atoms with Crippen LogP contribution in [0.1, 0.15) is 91.9 Å². The number of rotatable bonds is 37. The molecule has 0 unspecified atom stereocenters. The molecule has 0 aliphatic carbocycles. The molecule has 48 heavy (non-hydrogen) atoms. The summed E-state index contributed by atoms with van der Waals surface area (Å²) >= 11 is 0. The highest BCUT2D eigenvalue weighted by Crippen LogP contribution is 2.11. The molecule has 0 aromatic carbocycles. The lowest BCUT2D eigenvalue weighted by atomic mass is 10.1. The number of hydrogen-bond donors (Lipinski definition) is 1. The molecule has 0 saturated heterocycles. The number of hydrogen-bond acceptors (Lipinski definition) is 12. The third kappa shape index (κ3) is 40.6. The van der Waals surface area contributed by atoms with Gasteiger partial charge in [0.15, 0.2) is 0 Å². The van der Waals surface area contributed by atoms with E-state index >= 15 is 0 Å². The third-order valence-electron chi connectivity index (χ3n) is 6.49. The highest BCUT2D eigenvalue weighted by molar-refractivity contribution is 5.69. The number of amides is 1. The number of carbonyl (C=O) groups is 2. The van der Waals surface area contributed by atoms with Crippen molar-refractivity contribution in [2.45, 2.75) is 97.5 Å². The predicted molar refractivity (Wildman–Crippen MR) is 184 cm³/mol. The zero-order chi connectivity index (χ0) is 35.2. The molecule has 0 heterocycles. The monoisotopic (exact) mass is 695 g/mol. The van der Waals surface area contributed by atoms with Gasteiger partial charge in [-0.2, -0.15) is 0 Å². The van der Waals surface area contributed by atoms with Gasteiger partial charge in [0.2, 0.25) is 0 Å². The SMILES string of the molecule is CCCCCCCCCCCC(=O)OCCOCCOCCOCCOCCOCCOCCOCCOCCNC(=O)OC(C)(C)C. The van der Waals surface area contributed by atoms with E-state index in [1.807, 2.05) is 20.8 Å². The van der Waals surface area contributed by atoms with Crippen LogP contribution in [0.2, 0.25) is 0 Å². The van der Waals surface area contributed by atoms with Crippen molar-refractivity contribution in [2.75, 3.05) is 119 Å². The topological polar surface area (TPSA) is 138 Å². The summed E-state index contributed by atoms with van der Waals surface area (Å²) < 4.78 is 54.0. The summed E-state index contributed by atoms with van der Waals surface area (Å²) in [4.78, 5) is 23.3. The van der Waals surface area contributed by atoms with Crippen LogP contribution in [0.4, 0.5) is 4.79 Å². The van der Waals surface area contributed by atoms with E-state index in [0.29, 0.717) is 119 Å². The number of esters is 1. The summed E-state index contributed by atoms with van der Waals surface area (Å²) in [6.07, 6.45) is 11.1. The normalized spacial score (nSPS) is 11.6. The Morgan fingerprint density at radius 1 is 0.458 bits per heavy atom. The zero-order valence-electron chi connectivity index (χ0n) is 30.7. The maximum Gasteiger partial charge on any atom is 0.407 e. The number of ether oxygens (including phenoxy) is 10. The van der Waals surface area contributed by atoms with E-state index in [0.717, 1.165) is 12.8 Å². The summed E-state index contributed by atoms with van der Waals surface area (Å²) in [5, 5.41) is 2.63. The number of unbranched alkanes of at least 4 members (excludes halogenated alkanes) is 8. The molecule has 0 aromatic heterocycles. The maximum atomic E-state index is 11.8. The molecular weight excluding hydrogens is 626 g/mol. The fourth-order valence-electron chi connectivity index (χ4n) is 4.05. The minimum absolute atomic E-state index is 0.140. The predicted octanol–water partition coefficient (Wildman–Crippen LogP) is 5.11. The van der Waals surface area contributed by atoms with Gasteiger partial charge in [0.25, 0.3) is 0 Å². The van der Waals surface area contributed by atoms with Crippen molar-refractivity contribution < 1.29 is 57.0 Å². The summed E-state index contributed by atoms with van der Waals surface area (Å²) in [6.45, 7) is 15.8. The van der Waals surface area contributed by atoms with E-state index in [1.165, 1.54) is 44.9 Å². The van der Waals surface area contributed by atoms with Gasteiger partial charge in [0.05, 0.1) is 106 Å². The van der Waals surface area contributed by atoms with Gasteiger partial charge in [-0.15, -0.1) is 0 Å². The molecule has 286 valence electrons. The van der Waals surface area contributed by atoms with Gasteiger partial charge >= 0.3 is 12.1 Å². The van der Waals surface area contributed by atoms with E-state index in [9.17, 15) is 9.59 Å². The molecule has 0 fully saturated rings. The molecule has 0 aliphatic heterocycles. The lowest BCUT2D eigenvalue weighted by Crippen LogP contribution is -2.34. The van der Waals surface area contributed by atoms with Gasteiger partial charge in [-0.25, -0.2) is 4.79 Å². The first-order valence-electron chi connectivity index (χ1n) is 18.1. The van der Waals surface area contributed by atoms with Crippen LogP contribution in [0.25, 0.3) is 0 Å². The first kappa shape index (κ1) is 46.4. The van der Waals surface area contributed by atoms with E-state index in [1.54, 1.807) is 0 Å². The van der Waals surface area contributed by atoms with Crippen LogP contribution < -0.4 is 5.32 Å². The lowest BCUT2D eigenvalue weighted by molar-refractivity contribution is -0.145. The van der Waals surface area contributed by atoms with Gasteiger partial charge in [-0.3, -0.25) is 4.79 Å². The Kier molecular flexibility index (Phi) is 35.5. The van der Waals surface area contributed by atoms with E-state index in [-0.39, 0.29) is 12.6 Å². The van der Waals surface area contributed by atoms with Crippen molar-refractivity contribution in [1.29, 1.82) is 0 Å². The Balaban J connectivity index is 3.16. The minimum Gasteiger partial charge on any atom is -0.463 e. The van der Waals surface area contributed by atoms with Gasteiger partial charge in [0.1, 0.15) is 12.2 Å². The van der Waals surface area contributed by atoms with Crippen LogP contribution in [0.3, 0.4) is 0 Å². The molecule has 1 amide bonds. The highest BCUT2D eigenvalue weighted by atomic mass is 16.6. The van der Waals surface area contributed by atoms with Crippen LogP contribution in [-0.4, -0.2) is 137 Å². The zero-order valence-corrected chi connectivity index (χ0v) is 30.7. The van der Waals surface area contributed by atoms with Gasteiger partial charge < -0.3 is 52.7 Å². The largest absolute Gasteiger partial charge is 0.463 e. The molecule has 0 bridgehead atoms. The molecule has 0 spiro atoms. The van der Waals surface area contributed by atoms with Crippen LogP contribution in [0, 0.1) is 0 Å². The fraction of sp³-hybridized carbons (Fsp3) is 0.943. The van der Waals surface area contributed by atoms with Crippen LogP contribution in [-0.2, 0) is 52.2 Å². The molecule has 13 nitrogen and oxygen atoms in total. The maximum absolute atomic E-state index is 11.8. The summed E-state index contributed by atoms with van der Waals surface area (Å²) in [6, 6.07) is 0. The second-order valence-electron chi connectivity index (χ2n) is 12.1. The molecule has 0 aromatic rings. The van der Waals surface area contributed by atoms with Crippen molar-refractivity contribution in [3.8, 4) is 0 Å². The van der Waals surface area contributed by atoms with Crippen molar-refractivity contribution in [3.05, 3.63) is 0 Å². The van der Waals surface area contributed by atoms with Crippen molar-refractivity contribution in [3.63, 3.8) is 0 Å². The Morgan fingerprint density at radius 3 is 1.17 bits per heavy atom. The Hall–Kier alpha value is -1.58. The van der Waals surface area contributed by atoms with Crippen LogP contribution in [0.5, 0.6) is 0 Å². The Labute approximate surface area is 290 Å². The lowest BCUT2D eigenvalue weighted by Gasteiger charge is -2.19. The highest BCUT2D eigenvalue weighted by Gasteiger charge is 2.15. The fourth-order valence-corrected chi connectivity index (χ4v) is 4.05. The molecule has 0 saturated carbocycles. The van der Waals surface area contributed by atoms with Crippen LogP contribution >= 0.6 is 0 Å². The van der Waals surface area contributed by atoms with Gasteiger partial charge in [0, 0.05) is 13.0 Å². The standard InChI is InChI=1S/C35H69NO12/c1-5-6-7-8-9-10-11-12-13-14-33(37)47-32-31-46-30-29-45-28-27-44-26-25-43-24-23-42-22-21-41-20-19-40-18-17-39-16-15-36-34(38)48-35(2,3)4/h5-32H2,1-4H3,(H,36,38). The summed E-state index contributed by atoms with van der Waals surface area (Å²) in [5.74, 6) is -0.140. The molecule has 13 heteroatoms. The molecule has 0 rings (SSSR count). The van der Waals surface area contributed by atoms with E-state index < -0.39 is 11.7 Å². The van der Waals surface area contributed by atoms with Crippen LogP contribution in [0.15, 0.2) is 0 Å². The first-order chi connectivity index (χ1) is 23.3. The van der Waals surface area contributed by atoms with Gasteiger partial charge in [-0.05, 0) is 27.2 Å². The molecule has 0 radical (unpaired) electrons. The summed E-state index contributed by atoms with van der Waals surface area (Å²) in [7, 11) is 0. The average Bonchev–Trinajstić information content (AvgIpc) is 3.04. The number of alkyl carbamates (subject to hydrolysis) is 1. The van der Waals surface area contributed by atoms with Gasteiger partial charge in [-0.1, -0.05) is 58.3 Å². The molecule has 0 aliphatic rings. The van der Waals surface area contributed by atoms with Crippen molar-refractivity contribution in [2.24, 2.45) is 0 Å². The smallest absolute Gasteiger partial charge is 0.407 e. The molecule has 1 N–H and O–H groups in total. The van der Waals surface area contributed by atoms with E-state index in [4.69, 9.17) is 47.4 Å². The molecule has 0 atom stereocenters. The molecular formula is C35H69NO12. The number of nitrogens with one attached hydrogen (secondary N) is 1. The Morgan fingerprint density at radius 2 is 0.792 bits per heavy atom. The first-order valence-corrected chi connectivity index (χ1v) is 18.1. The van der Waals surface area contributed by atoms with E-state index in [2.05, 4.69) is 12.2 Å². The summed E-state index contributed by atoms with van der Waals surface area (Å²) in [5.41, 5.74) is -0.512. The minimum atomic E-state index is -0.512. The second kappa shape index (κ2) is 36.7.